The molecule has 0 radical (unpaired) electrons. The summed E-state index contributed by atoms with van der Waals surface area (Å²) in [5.41, 5.74) is 0.727. The van der Waals surface area contributed by atoms with Crippen molar-refractivity contribution in [3.8, 4) is 0 Å². The third kappa shape index (κ3) is 4.37. The number of carbonyl (C=O) groups is 1. The van der Waals surface area contributed by atoms with E-state index in [1.165, 1.54) is 6.42 Å². The number of rotatable bonds is 7. The van der Waals surface area contributed by atoms with E-state index in [9.17, 15) is 14.4 Å². The number of unbranched alkanes of at least 4 members (excludes halogenated alkanes) is 2. The molecule has 1 N–H and O–H groups in total. The number of hydrogen-bond acceptors (Lipinski definition) is 3. The van der Waals surface area contributed by atoms with Crippen molar-refractivity contribution in [3.63, 3.8) is 0 Å². The zero-order valence-corrected chi connectivity index (χ0v) is 17.0. The highest BCUT2D eigenvalue weighted by Gasteiger charge is 2.19. The first-order chi connectivity index (χ1) is 13.5. The molecule has 0 unspecified atom stereocenters. The average molecular weight is 386 g/mol. The first-order valence-electron chi connectivity index (χ1n) is 10.5. The first kappa shape index (κ1) is 20.4. The molecule has 152 valence electrons. The van der Waals surface area contributed by atoms with Crippen molar-refractivity contribution in [3.05, 3.63) is 44.6 Å². The second kappa shape index (κ2) is 9.22. The van der Waals surface area contributed by atoms with Gasteiger partial charge in [-0.1, -0.05) is 51.2 Å². The van der Waals surface area contributed by atoms with Gasteiger partial charge in [0.2, 0.25) is 5.91 Å². The van der Waals surface area contributed by atoms with Crippen LogP contribution < -0.4 is 16.6 Å². The van der Waals surface area contributed by atoms with Gasteiger partial charge in [-0.3, -0.25) is 18.7 Å². The Morgan fingerprint density at radius 2 is 1.86 bits per heavy atom. The summed E-state index contributed by atoms with van der Waals surface area (Å²) in [5.74, 6) is -0.251. The van der Waals surface area contributed by atoms with E-state index in [0.29, 0.717) is 17.4 Å². The van der Waals surface area contributed by atoms with Gasteiger partial charge < -0.3 is 5.32 Å². The van der Waals surface area contributed by atoms with Crippen molar-refractivity contribution >= 4 is 16.8 Å². The van der Waals surface area contributed by atoms with Gasteiger partial charge in [0.25, 0.3) is 5.56 Å². The summed E-state index contributed by atoms with van der Waals surface area (Å²) in [6.45, 7) is 4.32. The Morgan fingerprint density at radius 1 is 1.11 bits per heavy atom. The van der Waals surface area contributed by atoms with Gasteiger partial charge in [-0.25, -0.2) is 4.79 Å². The number of nitrogens with one attached hydrogen (secondary N) is 1. The average Bonchev–Trinajstić information content (AvgIpc) is 2.68. The van der Waals surface area contributed by atoms with Gasteiger partial charge in [0.1, 0.15) is 6.54 Å². The van der Waals surface area contributed by atoms with Crippen LogP contribution in [0.4, 0.5) is 0 Å². The zero-order valence-electron chi connectivity index (χ0n) is 17.0. The molecule has 1 saturated carbocycles. The summed E-state index contributed by atoms with van der Waals surface area (Å²) in [4.78, 5) is 38.7. The molecule has 0 saturated heterocycles. The van der Waals surface area contributed by atoms with Gasteiger partial charge >= 0.3 is 5.69 Å². The van der Waals surface area contributed by atoms with Crippen LogP contribution in [-0.4, -0.2) is 21.1 Å². The lowest BCUT2D eigenvalue weighted by atomic mass is 9.95. The molecule has 6 heteroatoms. The molecule has 1 aromatic carbocycles. The maximum Gasteiger partial charge on any atom is 0.331 e. The van der Waals surface area contributed by atoms with Crippen molar-refractivity contribution in [1.29, 1.82) is 0 Å². The molecule has 1 aromatic heterocycles. The Hall–Kier alpha value is -2.37. The Labute approximate surface area is 165 Å². The van der Waals surface area contributed by atoms with Crippen LogP contribution in [0.15, 0.2) is 27.8 Å². The predicted molar refractivity (Wildman–Crippen MR) is 112 cm³/mol. The summed E-state index contributed by atoms with van der Waals surface area (Å²) in [7, 11) is 0. The minimum absolute atomic E-state index is 0.158. The topological polar surface area (TPSA) is 73.1 Å². The number of aromatic nitrogens is 2. The fourth-order valence-corrected chi connectivity index (χ4v) is 4.17. The van der Waals surface area contributed by atoms with Crippen molar-refractivity contribution in [2.45, 2.75) is 84.3 Å². The van der Waals surface area contributed by atoms with Crippen LogP contribution in [0.1, 0.15) is 63.9 Å². The van der Waals surface area contributed by atoms with Crippen LogP contribution in [-0.2, 0) is 17.9 Å². The molecule has 1 heterocycles. The van der Waals surface area contributed by atoms with E-state index in [2.05, 4.69) is 12.2 Å². The van der Waals surface area contributed by atoms with Crippen LogP contribution in [0.25, 0.3) is 10.9 Å². The van der Waals surface area contributed by atoms with Crippen LogP contribution in [0.5, 0.6) is 0 Å². The highest BCUT2D eigenvalue weighted by Crippen LogP contribution is 2.17. The summed E-state index contributed by atoms with van der Waals surface area (Å²) in [6.07, 6.45) is 8.31. The second-order valence-corrected chi connectivity index (χ2v) is 7.90. The molecule has 0 spiro atoms. The van der Waals surface area contributed by atoms with Crippen molar-refractivity contribution < 1.29 is 4.79 Å². The SMILES string of the molecule is CCCCCn1c(=O)n(CC(=O)NC2CCCCC2)c(=O)c2c(C)cccc21. The standard InChI is InChI=1S/C22H31N3O3/c1-3-4-8-14-24-18-13-9-10-16(2)20(18)21(27)25(22(24)28)15-19(26)23-17-11-6-5-7-12-17/h9-10,13,17H,3-8,11-12,14-15H2,1-2H3,(H,23,26). The molecule has 1 fully saturated rings. The fraction of sp³-hybridized carbons (Fsp3) is 0.591. The number of amides is 1. The minimum atomic E-state index is -0.391. The molecule has 28 heavy (non-hydrogen) atoms. The van der Waals surface area contributed by atoms with E-state index in [-0.39, 0.29) is 24.1 Å². The van der Waals surface area contributed by atoms with Gasteiger partial charge in [0.15, 0.2) is 0 Å². The summed E-state index contributed by atoms with van der Waals surface area (Å²) in [5, 5.41) is 3.54. The molecule has 2 aromatic rings. The Morgan fingerprint density at radius 3 is 2.57 bits per heavy atom. The maximum atomic E-state index is 13.1. The van der Waals surface area contributed by atoms with Gasteiger partial charge in [0, 0.05) is 12.6 Å². The molecule has 0 bridgehead atoms. The van der Waals surface area contributed by atoms with Crippen LogP contribution in [0.2, 0.25) is 0 Å². The fourth-order valence-electron chi connectivity index (χ4n) is 4.17. The van der Waals surface area contributed by atoms with Crippen LogP contribution in [0, 0.1) is 6.92 Å². The first-order valence-corrected chi connectivity index (χ1v) is 10.5. The van der Waals surface area contributed by atoms with E-state index in [1.54, 1.807) is 4.57 Å². The zero-order chi connectivity index (χ0) is 20.1. The molecular formula is C22H31N3O3. The third-order valence-corrected chi connectivity index (χ3v) is 5.72. The van der Waals surface area contributed by atoms with Crippen molar-refractivity contribution in [1.82, 2.24) is 14.5 Å². The largest absolute Gasteiger partial charge is 0.352 e. The molecular weight excluding hydrogens is 354 g/mol. The molecule has 1 aliphatic carbocycles. The number of nitrogens with zero attached hydrogens (tertiary/aromatic N) is 2. The molecule has 0 atom stereocenters. The summed E-state index contributed by atoms with van der Waals surface area (Å²) in [6, 6.07) is 5.72. The molecule has 1 aliphatic rings. The second-order valence-electron chi connectivity index (χ2n) is 7.90. The molecule has 3 rings (SSSR count). The smallest absolute Gasteiger partial charge is 0.331 e. The number of carbonyl (C=O) groups excluding carboxylic acids is 1. The Bertz CT molecular complexity index is 952. The highest BCUT2D eigenvalue weighted by atomic mass is 16.2. The van der Waals surface area contributed by atoms with E-state index < -0.39 is 5.69 Å². The summed E-state index contributed by atoms with van der Waals surface area (Å²) >= 11 is 0. The monoisotopic (exact) mass is 385 g/mol. The number of fused-ring (bicyclic) bond motifs is 1. The normalized spacial score (nSPS) is 15.1. The predicted octanol–water partition coefficient (Wildman–Crippen LogP) is 3.11. The quantitative estimate of drug-likeness (QED) is 0.744. The number of hydrogen-bond donors (Lipinski definition) is 1. The lowest BCUT2D eigenvalue weighted by Gasteiger charge is -2.23. The molecule has 6 nitrogen and oxygen atoms in total. The lowest BCUT2D eigenvalue weighted by molar-refractivity contribution is -0.122. The van der Waals surface area contributed by atoms with Crippen LogP contribution in [0.3, 0.4) is 0 Å². The molecule has 0 aliphatic heterocycles. The van der Waals surface area contributed by atoms with Gasteiger partial charge in [-0.2, -0.15) is 0 Å². The Kier molecular flexibility index (Phi) is 6.70. The minimum Gasteiger partial charge on any atom is -0.352 e. The number of benzene rings is 1. The molecule has 1 amide bonds. The van der Waals surface area contributed by atoms with E-state index in [1.807, 2.05) is 25.1 Å². The van der Waals surface area contributed by atoms with Gasteiger partial charge in [-0.05, 0) is 37.8 Å². The lowest BCUT2D eigenvalue weighted by Crippen LogP contribution is -2.46. The Balaban J connectivity index is 1.96. The van der Waals surface area contributed by atoms with Gasteiger partial charge in [0.05, 0.1) is 10.9 Å². The van der Waals surface area contributed by atoms with E-state index in [0.717, 1.165) is 55.1 Å². The van der Waals surface area contributed by atoms with Crippen LogP contribution >= 0.6 is 0 Å². The summed E-state index contributed by atoms with van der Waals surface area (Å²) < 4.78 is 2.77. The third-order valence-electron chi connectivity index (χ3n) is 5.72. The van der Waals surface area contributed by atoms with E-state index >= 15 is 0 Å². The van der Waals surface area contributed by atoms with Gasteiger partial charge in [-0.15, -0.1) is 0 Å². The highest BCUT2D eigenvalue weighted by molar-refractivity contribution is 5.82. The van der Waals surface area contributed by atoms with E-state index in [4.69, 9.17) is 0 Å². The number of aryl methyl sites for hydroxylation is 2. The van der Waals surface area contributed by atoms with Crippen molar-refractivity contribution in [2.24, 2.45) is 0 Å². The maximum absolute atomic E-state index is 13.1. The van der Waals surface area contributed by atoms with Crippen molar-refractivity contribution in [2.75, 3.05) is 0 Å².